The first kappa shape index (κ1) is 24.8. The number of rotatable bonds is 6. The molecule has 1 aliphatic rings. The number of carbonyl (C=O) groups excluding carboxylic acids is 2. The highest BCUT2D eigenvalue weighted by molar-refractivity contribution is 5.91. The highest BCUT2D eigenvalue weighted by Gasteiger charge is 2.46. The molecule has 7 N–H and O–H groups in total. The van der Waals surface area contributed by atoms with E-state index < -0.39 is 72.1 Å². The summed E-state index contributed by atoms with van der Waals surface area (Å²) in [7, 11) is 0. The van der Waals surface area contributed by atoms with E-state index in [1.54, 1.807) is 12.1 Å². The molecule has 2 aromatic carbocycles. The Labute approximate surface area is 192 Å². The molecule has 0 spiro atoms. The number of esters is 2. The molecule has 12 nitrogen and oxygen atoms in total. The second kappa shape index (κ2) is 10.4. The second-order valence-electron chi connectivity index (χ2n) is 7.33. The fraction of sp³-hybridized carbons (Fsp3) is 0.273. The first-order valence-electron chi connectivity index (χ1n) is 9.86. The molecule has 1 aliphatic heterocycles. The number of phenols is 4. The standard InChI is InChI=1S/C22H22O12/c23-12-4-1-10(2-5-12)3-6-16(26)32-9-15-18(28)19(29)20(22(31)33-15)34-21(30)11-7-13(24)17(27)14(25)8-11/h1-8,15,18-20,22-25,27-29,31H,9H2/b6-3+. The van der Waals surface area contributed by atoms with Crippen molar-refractivity contribution in [1.82, 2.24) is 0 Å². The molecule has 3 rings (SSSR count). The van der Waals surface area contributed by atoms with Crippen molar-refractivity contribution in [3.05, 3.63) is 53.6 Å². The van der Waals surface area contributed by atoms with Crippen LogP contribution >= 0.6 is 0 Å². The summed E-state index contributed by atoms with van der Waals surface area (Å²) in [5.74, 6) is -4.45. The van der Waals surface area contributed by atoms with Crippen molar-refractivity contribution in [3.63, 3.8) is 0 Å². The lowest BCUT2D eigenvalue weighted by atomic mass is 9.99. The van der Waals surface area contributed by atoms with Crippen molar-refractivity contribution in [3.8, 4) is 23.0 Å². The van der Waals surface area contributed by atoms with E-state index >= 15 is 0 Å². The predicted molar refractivity (Wildman–Crippen MR) is 112 cm³/mol. The summed E-state index contributed by atoms with van der Waals surface area (Å²) in [6.45, 7) is -0.547. The normalized spacial score (nSPS) is 24.6. The topological polar surface area (TPSA) is 203 Å². The molecule has 0 amide bonds. The largest absolute Gasteiger partial charge is 0.508 e. The summed E-state index contributed by atoms with van der Waals surface area (Å²) in [6.07, 6.45) is -6.10. The van der Waals surface area contributed by atoms with Crippen LogP contribution in [0.2, 0.25) is 0 Å². The van der Waals surface area contributed by atoms with Crippen molar-refractivity contribution < 1.29 is 59.5 Å². The fourth-order valence-electron chi connectivity index (χ4n) is 3.06. The molecule has 0 aliphatic carbocycles. The lowest BCUT2D eigenvalue weighted by molar-refractivity contribution is -0.286. The van der Waals surface area contributed by atoms with Crippen LogP contribution in [0, 0.1) is 0 Å². The van der Waals surface area contributed by atoms with Gasteiger partial charge in [0.15, 0.2) is 29.6 Å². The predicted octanol–water partition coefficient (Wildman–Crippen LogP) is -0.270. The summed E-state index contributed by atoms with van der Waals surface area (Å²) in [6, 6.07) is 7.53. The lowest BCUT2D eigenvalue weighted by Gasteiger charge is -2.39. The SMILES string of the molecule is O=C(/C=C/c1ccc(O)cc1)OCC1OC(O)C(OC(=O)c2cc(O)c(O)c(O)c2)C(O)C1O. The van der Waals surface area contributed by atoms with E-state index in [0.29, 0.717) is 5.56 Å². The number of carbonyl (C=O) groups is 2. The molecule has 34 heavy (non-hydrogen) atoms. The minimum Gasteiger partial charge on any atom is -0.508 e. The van der Waals surface area contributed by atoms with Crippen molar-refractivity contribution in [2.24, 2.45) is 0 Å². The summed E-state index contributed by atoms with van der Waals surface area (Å²) >= 11 is 0. The number of ether oxygens (including phenoxy) is 3. The van der Waals surface area contributed by atoms with Gasteiger partial charge in [0.05, 0.1) is 5.56 Å². The molecule has 0 aromatic heterocycles. The van der Waals surface area contributed by atoms with Crippen LogP contribution in [0.25, 0.3) is 6.08 Å². The maximum absolute atomic E-state index is 12.3. The Balaban J connectivity index is 1.57. The first-order chi connectivity index (χ1) is 16.1. The van der Waals surface area contributed by atoms with Crippen LogP contribution in [0.15, 0.2) is 42.5 Å². The van der Waals surface area contributed by atoms with Gasteiger partial charge in [0.1, 0.15) is 30.7 Å². The molecule has 12 heteroatoms. The number of hydrogen-bond donors (Lipinski definition) is 7. The number of aliphatic hydroxyl groups is 3. The van der Waals surface area contributed by atoms with Crippen LogP contribution in [-0.2, 0) is 19.0 Å². The van der Waals surface area contributed by atoms with E-state index in [1.165, 1.54) is 18.2 Å². The molecule has 1 saturated heterocycles. The van der Waals surface area contributed by atoms with Gasteiger partial charge in [0.25, 0.3) is 0 Å². The number of aliphatic hydroxyl groups excluding tert-OH is 3. The molecule has 1 fully saturated rings. The zero-order valence-electron chi connectivity index (χ0n) is 17.4. The molecule has 1 heterocycles. The van der Waals surface area contributed by atoms with Crippen LogP contribution in [-0.4, -0.2) is 85.0 Å². The van der Waals surface area contributed by atoms with Gasteiger partial charge in [0, 0.05) is 6.08 Å². The van der Waals surface area contributed by atoms with Crippen LogP contribution < -0.4 is 0 Å². The maximum atomic E-state index is 12.3. The Morgan fingerprint density at radius 3 is 2.18 bits per heavy atom. The number of aromatic hydroxyl groups is 4. The third-order valence-corrected chi connectivity index (χ3v) is 4.91. The number of benzene rings is 2. The van der Waals surface area contributed by atoms with Crippen LogP contribution in [0.5, 0.6) is 23.0 Å². The van der Waals surface area contributed by atoms with Gasteiger partial charge in [-0.3, -0.25) is 0 Å². The highest BCUT2D eigenvalue weighted by atomic mass is 16.7. The van der Waals surface area contributed by atoms with E-state index in [2.05, 4.69) is 0 Å². The summed E-state index contributed by atoms with van der Waals surface area (Å²) in [5.41, 5.74) is 0.188. The Bertz CT molecular complexity index is 1040. The number of hydrogen-bond acceptors (Lipinski definition) is 12. The van der Waals surface area contributed by atoms with E-state index in [4.69, 9.17) is 14.2 Å². The van der Waals surface area contributed by atoms with Gasteiger partial charge in [-0.15, -0.1) is 0 Å². The van der Waals surface area contributed by atoms with E-state index in [0.717, 1.165) is 18.2 Å². The van der Waals surface area contributed by atoms with Gasteiger partial charge in [-0.05, 0) is 35.9 Å². The van der Waals surface area contributed by atoms with Crippen LogP contribution in [0.3, 0.4) is 0 Å². The van der Waals surface area contributed by atoms with E-state index in [1.807, 2.05) is 0 Å². The van der Waals surface area contributed by atoms with Crippen molar-refractivity contribution in [2.45, 2.75) is 30.7 Å². The molecule has 0 radical (unpaired) electrons. The van der Waals surface area contributed by atoms with Crippen LogP contribution in [0.1, 0.15) is 15.9 Å². The average molecular weight is 478 g/mol. The minimum atomic E-state index is -1.92. The van der Waals surface area contributed by atoms with Gasteiger partial charge < -0.3 is 50.0 Å². The smallest absolute Gasteiger partial charge is 0.338 e. The summed E-state index contributed by atoms with van der Waals surface area (Å²) in [5, 5.41) is 68.2. The Hall–Kier alpha value is -3.84. The van der Waals surface area contributed by atoms with Gasteiger partial charge in [-0.25, -0.2) is 9.59 Å². The molecular weight excluding hydrogens is 456 g/mol. The molecule has 182 valence electrons. The average Bonchev–Trinajstić information content (AvgIpc) is 2.80. The third-order valence-electron chi connectivity index (χ3n) is 4.91. The molecule has 5 unspecified atom stereocenters. The van der Waals surface area contributed by atoms with Crippen LogP contribution in [0.4, 0.5) is 0 Å². The fourth-order valence-corrected chi connectivity index (χ4v) is 3.06. The monoisotopic (exact) mass is 478 g/mol. The van der Waals surface area contributed by atoms with E-state index in [9.17, 15) is 45.3 Å². The summed E-state index contributed by atoms with van der Waals surface area (Å²) < 4.78 is 15.0. The number of phenolic OH excluding ortho intramolecular Hbond substituents is 4. The zero-order valence-corrected chi connectivity index (χ0v) is 17.4. The third kappa shape index (κ3) is 5.74. The van der Waals surface area contributed by atoms with Crippen molar-refractivity contribution in [1.29, 1.82) is 0 Å². The van der Waals surface area contributed by atoms with Crippen molar-refractivity contribution in [2.75, 3.05) is 6.61 Å². The molecule has 0 bridgehead atoms. The summed E-state index contributed by atoms with van der Waals surface area (Å²) in [4.78, 5) is 24.1. The molecular formula is C22H22O12. The Morgan fingerprint density at radius 2 is 1.56 bits per heavy atom. The Morgan fingerprint density at radius 1 is 0.941 bits per heavy atom. The highest BCUT2D eigenvalue weighted by Crippen LogP contribution is 2.36. The van der Waals surface area contributed by atoms with Gasteiger partial charge >= 0.3 is 11.9 Å². The van der Waals surface area contributed by atoms with Crippen molar-refractivity contribution >= 4 is 18.0 Å². The van der Waals surface area contributed by atoms with Gasteiger partial charge in [0.2, 0.25) is 0 Å². The zero-order chi connectivity index (χ0) is 25.0. The quantitative estimate of drug-likeness (QED) is 0.163. The lowest BCUT2D eigenvalue weighted by Crippen LogP contribution is -2.60. The maximum Gasteiger partial charge on any atom is 0.338 e. The minimum absolute atomic E-state index is 0.0589. The first-order valence-corrected chi connectivity index (χ1v) is 9.86. The van der Waals surface area contributed by atoms with Gasteiger partial charge in [-0.2, -0.15) is 0 Å². The molecule has 2 aromatic rings. The molecule has 5 atom stereocenters. The van der Waals surface area contributed by atoms with E-state index in [-0.39, 0.29) is 5.75 Å². The van der Waals surface area contributed by atoms with Gasteiger partial charge in [-0.1, -0.05) is 12.1 Å². The molecule has 0 saturated carbocycles. The Kier molecular flexibility index (Phi) is 7.58. The second-order valence-corrected chi connectivity index (χ2v) is 7.33.